The van der Waals surface area contributed by atoms with Crippen LogP contribution in [0.1, 0.15) is 18.7 Å². The lowest BCUT2D eigenvalue weighted by Crippen LogP contribution is -2.18. The molecule has 0 bridgehead atoms. The van der Waals surface area contributed by atoms with Crippen LogP contribution in [0.25, 0.3) is 0 Å². The summed E-state index contributed by atoms with van der Waals surface area (Å²) in [5, 5.41) is 14.3. The van der Waals surface area contributed by atoms with Crippen LogP contribution in [-0.2, 0) is 11.3 Å². The summed E-state index contributed by atoms with van der Waals surface area (Å²) in [6.45, 7) is 2.92. The van der Waals surface area contributed by atoms with Gasteiger partial charge < -0.3 is 19.8 Å². The Balaban J connectivity index is 1.69. The fourth-order valence-corrected chi connectivity index (χ4v) is 2.32. The van der Waals surface area contributed by atoms with E-state index in [2.05, 4.69) is 27.1 Å². The summed E-state index contributed by atoms with van der Waals surface area (Å²) in [5.74, 6) is 0.600. The van der Waals surface area contributed by atoms with E-state index >= 15 is 0 Å². The van der Waals surface area contributed by atoms with E-state index in [9.17, 15) is 0 Å². The van der Waals surface area contributed by atoms with Gasteiger partial charge in [-0.1, -0.05) is 5.10 Å². The summed E-state index contributed by atoms with van der Waals surface area (Å²) in [6.07, 6.45) is 4.68. The molecule has 1 aromatic rings. The predicted octanol–water partition coefficient (Wildman–Crippen LogP) is 1.11. The molecule has 0 aliphatic heterocycles. The van der Waals surface area contributed by atoms with Crippen molar-refractivity contribution < 1.29 is 9.15 Å². The quantitative estimate of drug-likeness (QED) is 0.652. The fourth-order valence-electron chi connectivity index (χ4n) is 1.60. The maximum atomic E-state index is 5.49. The molecule has 6 nitrogen and oxygen atoms in total. The van der Waals surface area contributed by atoms with Gasteiger partial charge in [-0.05, 0) is 19.1 Å². The van der Waals surface area contributed by atoms with Gasteiger partial charge in [-0.25, -0.2) is 0 Å². The van der Waals surface area contributed by atoms with Crippen molar-refractivity contribution in [1.29, 1.82) is 0 Å². The normalized spacial score (nSPS) is 16.8. The van der Waals surface area contributed by atoms with Crippen molar-refractivity contribution in [2.75, 3.05) is 38.4 Å². The average molecular weight is 272 g/mol. The lowest BCUT2D eigenvalue weighted by Gasteiger charge is -2.10. The van der Waals surface area contributed by atoms with Gasteiger partial charge in [0.1, 0.15) is 0 Å². The zero-order chi connectivity index (χ0) is 12.8. The minimum atomic E-state index is 0.394. The number of methoxy groups -OCH3 is 1. The molecule has 0 saturated heterocycles. The highest BCUT2D eigenvalue weighted by atomic mass is 32.2. The first kappa shape index (κ1) is 13.6. The first-order valence-electron chi connectivity index (χ1n) is 6.09. The van der Waals surface area contributed by atoms with Gasteiger partial charge in [-0.2, -0.15) is 11.8 Å². The molecule has 0 unspecified atom stereocenters. The molecule has 2 rings (SSSR count). The van der Waals surface area contributed by atoms with E-state index in [1.807, 2.05) is 11.8 Å². The Labute approximate surface area is 111 Å². The molecule has 1 aromatic heterocycles. The third-order valence-electron chi connectivity index (χ3n) is 3.03. The number of rotatable bonds is 9. The summed E-state index contributed by atoms with van der Waals surface area (Å²) in [7, 11) is 1.68. The zero-order valence-corrected chi connectivity index (χ0v) is 11.7. The Morgan fingerprint density at radius 3 is 2.94 bits per heavy atom. The Kier molecular flexibility index (Phi) is 4.85. The number of nitrogens with zero attached hydrogens (tertiary/aromatic N) is 2. The van der Waals surface area contributed by atoms with Gasteiger partial charge in [0.2, 0.25) is 5.89 Å². The van der Waals surface area contributed by atoms with Crippen LogP contribution in [0, 0.1) is 0 Å². The number of ether oxygens (including phenoxy) is 1. The molecule has 1 heterocycles. The van der Waals surface area contributed by atoms with Crippen LogP contribution >= 0.6 is 11.8 Å². The van der Waals surface area contributed by atoms with Crippen molar-refractivity contribution in [3.05, 3.63) is 5.89 Å². The average Bonchev–Trinajstić information content (AvgIpc) is 3.05. The van der Waals surface area contributed by atoms with E-state index in [0.717, 1.165) is 13.1 Å². The summed E-state index contributed by atoms with van der Waals surface area (Å²) in [4.78, 5) is 0. The second-order valence-electron chi connectivity index (χ2n) is 4.41. The van der Waals surface area contributed by atoms with Crippen LogP contribution < -0.4 is 10.6 Å². The van der Waals surface area contributed by atoms with Crippen LogP contribution in [0.2, 0.25) is 0 Å². The van der Waals surface area contributed by atoms with Crippen LogP contribution in [-0.4, -0.2) is 48.0 Å². The lowest BCUT2D eigenvalue weighted by atomic mass is 10.4. The Hall–Kier alpha value is -0.790. The molecular weight excluding hydrogens is 252 g/mol. The standard InChI is InChI=1S/C11H20N4O2S/c1-16-6-5-12-7-9-14-15-10(17-9)13-8-11(18-2)3-4-11/h12H,3-8H2,1-2H3,(H,13,15). The van der Waals surface area contributed by atoms with Crippen molar-refractivity contribution in [3.8, 4) is 0 Å². The first-order valence-corrected chi connectivity index (χ1v) is 7.31. The van der Waals surface area contributed by atoms with E-state index in [0.29, 0.717) is 29.8 Å². The smallest absolute Gasteiger partial charge is 0.315 e. The van der Waals surface area contributed by atoms with Gasteiger partial charge in [-0.3, -0.25) is 0 Å². The number of nitrogens with one attached hydrogen (secondary N) is 2. The molecule has 0 atom stereocenters. The van der Waals surface area contributed by atoms with Crippen LogP contribution in [0.15, 0.2) is 4.42 Å². The highest BCUT2D eigenvalue weighted by molar-refractivity contribution is 8.00. The van der Waals surface area contributed by atoms with Crippen molar-refractivity contribution in [2.45, 2.75) is 24.1 Å². The number of thioether (sulfide) groups is 1. The van der Waals surface area contributed by atoms with E-state index in [-0.39, 0.29) is 0 Å². The van der Waals surface area contributed by atoms with E-state index in [1.54, 1.807) is 7.11 Å². The van der Waals surface area contributed by atoms with Crippen molar-refractivity contribution in [3.63, 3.8) is 0 Å². The first-order chi connectivity index (χ1) is 8.78. The molecule has 1 aliphatic rings. The number of anilines is 1. The van der Waals surface area contributed by atoms with Gasteiger partial charge in [0.05, 0.1) is 13.2 Å². The minimum absolute atomic E-state index is 0.394. The van der Waals surface area contributed by atoms with Crippen molar-refractivity contribution >= 4 is 17.8 Å². The van der Waals surface area contributed by atoms with Crippen LogP contribution in [0.4, 0.5) is 6.01 Å². The van der Waals surface area contributed by atoms with Crippen molar-refractivity contribution in [1.82, 2.24) is 15.5 Å². The van der Waals surface area contributed by atoms with E-state index in [1.165, 1.54) is 12.8 Å². The van der Waals surface area contributed by atoms with E-state index in [4.69, 9.17) is 9.15 Å². The molecule has 0 spiro atoms. The molecule has 2 N–H and O–H groups in total. The molecule has 102 valence electrons. The molecule has 7 heteroatoms. The van der Waals surface area contributed by atoms with Gasteiger partial charge >= 0.3 is 6.01 Å². The topological polar surface area (TPSA) is 72.2 Å². The molecule has 0 aromatic carbocycles. The lowest BCUT2D eigenvalue weighted by molar-refractivity contribution is 0.198. The summed E-state index contributed by atoms with van der Waals surface area (Å²) < 4.78 is 10.8. The molecular formula is C11H20N4O2S. The molecule has 1 aliphatic carbocycles. The van der Waals surface area contributed by atoms with E-state index < -0.39 is 0 Å². The monoisotopic (exact) mass is 272 g/mol. The molecule has 18 heavy (non-hydrogen) atoms. The third kappa shape index (κ3) is 3.86. The minimum Gasteiger partial charge on any atom is -0.407 e. The molecule has 0 radical (unpaired) electrons. The Morgan fingerprint density at radius 1 is 1.44 bits per heavy atom. The number of aromatic nitrogens is 2. The van der Waals surface area contributed by atoms with Crippen LogP contribution in [0.5, 0.6) is 0 Å². The van der Waals surface area contributed by atoms with Gasteiger partial charge in [0.25, 0.3) is 0 Å². The Bertz CT molecular complexity index is 368. The summed E-state index contributed by atoms with van der Waals surface area (Å²) in [5.41, 5.74) is 0. The second kappa shape index (κ2) is 6.40. The maximum Gasteiger partial charge on any atom is 0.315 e. The molecule has 0 amide bonds. The third-order valence-corrected chi connectivity index (χ3v) is 4.45. The second-order valence-corrected chi connectivity index (χ2v) is 5.69. The zero-order valence-electron chi connectivity index (χ0n) is 10.9. The number of hydrogen-bond acceptors (Lipinski definition) is 7. The highest BCUT2D eigenvalue weighted by Gasteiger charge is 2.41. The largest absolute Gasteiger partial charge is 0.407 e. The summed E-state index contributed by atoms with van der Waals surface area (Å²) in [6, 6.07) is 0.513. The maximum absolute atomic E-state index is 5.49. The van der Waals surface area contributed by atoms with Crippen LogP contribution in [0.3, 0.4) is 0 Å². The number of hydrogen-bond donors (Lipinski definition) is 2. The molecule has 1 saturated carbocycles. The summed E-state index contributed by atoms with van der Waals surface area (Å²) >= 11 is 1.91. The van der Waals surface area contributed by atoms with Gasteiger partial charge in [0, 0.05) is 24.9 Å². The molecule has 1 fully saturated rings. The highest BCUT2D eigenvalue weighted by Crippen LogP contribution is 2.46. The van der Waals surface area contributed by atoms with Crippen molar-refractivity contribution in [2.24, 2.45) is 0 Å². The SMILES string of the molecule is COCCNCc1nnc(NCC2(SC)CC2)o1. The van der Waals surface area contributed by atoms with Gasteiger partial charge in [-0.15, -0.1) is 5.10 Å². The fraction of sp³-hybridized carbons (Fsp3) is 0.818. The Morgan fingerprint density at radius 2 is 2.28 bits per heavy atom. The predicted molar refractivity (Wildman–Crippen MR) is 71.9 cm³/mol. The van der Waals surface area contributed by atoms with Gasteiger partial charge in [0.15, 0.2) is 0 Å².